The Morgan fingerprint density at radius 3 is 2.64 bits per heavy atom. The average molecular weight is 376 g/mol. The van der Waals surface area contributed by atoms with Crippen molar-refractivity contribution < 1.29 is 9.53 Å². The first kappa shape index (κ1) is 18.3. The number of rotatable bonds is 7. The Kier molecular flexibility index (Phi) is 5.39. The molecule has 2 heterocycles. The van der Waals surface area contributed by atoms with E-state index in [1.54, 1.807) is 12.5 Å². The second kappa shape index (κ2) is 8.27. The molecule has 28 heavy (non-hydrogen) atoms. The average Bonchev–Trinajstić information content (AvgIpc) is 3.22. The van der Waals surface area contributed by atoms with Crippen LogP contribution in [0.15, 0.2) is 67.3 Å². The van der Waals surface area contributed by atoms with Gasteiger partial charge in [0.2, 0.25) is 5.91 Å². The zero-order valence-corrected chi connectivity index (χ0v) is 15.7. The molecule has 2 aromatic carbocycles. The number of amides is 1. The van der Waals surface area contributed by atoms with Gasteiger partial charge in [0.15, 0.2) is 0 Å². The summed E-state index contributed by atoms with van der Waals surface area (Å²) in [7, 11) is 0. The van der Waals surface area contributed by atoms with Gasteiger partial charge in [0.1, 0.15) is 12.4 Å². The summed E-state index contributed by atoms with van der Waals surface area (Å²) in [4.78, 5) is 18.2. The summed E-state index contributed by atoms with van der Waals surface area (Å²) >= 11 is 0. The number of hydrogen-bond donors (Lipinski definition) is 1. The zero-order chi connectivity index (χ0) is 19.3. The first-order chi connectivity index (χ1) is 13.7. The van der Waals surface area contributed by atoms with Crippen LogP contribution in [-0.4, -0.2) is 33.0 Å². The Morgan fingerprint density at radius 1 is 1.14 bits per heavy atom. The predicted molar refractivity (Wildman–Crippen MR) is 107 cm³/mol. The molecule has 0 saturated heterocycles. The van der Waals surface area contributed by atoms with Gasteiger partial charge in [-0.25, -0.2) is 4.98 Å². The van der Waals surface area contributed by atoms with E-state index in [0.29, 0.717) is 19.6 Å². The van der Waals surface area contributed by atoms with Crippen molar-refractivity contribution in [2.45, 2.75) is 32.1 Å². The van der Waals surface area contributed by atoms with Crippen LogP contribution in [0.5, 0.6) is 5.75 Å². The first-order valence-corrected chi connectivity index (χ1v) is 9.46. The molecule has 4 rings (SSSR count). The Morgan fingerprint density at radius 2 is 1.93 bits per heavy atom. The molecule has 1 aromatic heterocycles. The van der Waals surface area contributed by atoms with Crippen molar-refractivity contribution >= 4 is 5.91 Å². The van der Waals surface area contributed by atoms with E-state index in [9.17, 15) is 4.79 Å². The molecule has 0 radical (unpaired) electrons. The highest BCUT2D eigenvalue weighted by Crippen LogP contribution is 2.25. The lowest BCUT2D eigenvalue weighted by molar-refractivity contribution is -0.124. The van der Waals surface area contributed by atoms with Gasteiger partial charge in [-0.1, -0.05) is 36.4 Å². The highest BCUT2D eigenvalue weighted by atomic mass is 16.5. The molecule has 1 aliphatic rings. The minimum atomic E-state index is -0.277. The quantitative estimate of drug-likeness (QED) is 0.687. The second-order valence-corrected chi connectivity index (χ2v) is 7.09. The number of primary amides is 1. The molecule has 0 aliphatic carbocycles. The smallest absolute Gasteiger partial charge is 0.235 e. The summed E-state index contributed by atoms with van der Waals surface area (Å²) in [6.07, 6.45) is 6.12. The van der Waals surface area contributed by atoms with E-state index < -0.39 is 0 Å². The first-order valence-electron chi connectivity index (χ1n) is 9.46. The maximum atomic E-state index is 12.0. The van der Waals surface area contributed by atoms with E-state index in [1.165, 1.54) is 11.1 Å². The van der Waals surface area contributed by atoms with Crippen molar-refractivity contribution in [1.82, 2.24) is 14.5 Å². The van der Waals surface area contributed by atoms with Gasteiger partial charge >= 0.3 is 0 Å². The SMILES string of the molecule is NC(=O)[C@H]1Cc2ccccc2CN1Cc1ccc(OCCn2ccnc2)cc1. The number of hydrogen-bond acceptors (Lipinski definition) is 4. The number of carbonyl (C=O) groups excluding carboxylic acids is 1. The Bertz CT molecular complexity index is 922. The normalized spacial score (nSPS) is 16.5. The van der Waals surface area contributed by atoms with Crippen LogP contribution in [0, 0.1) is 0 Å². The van der Waals surface area contributed by atoms with Gasteiger partial charge in [-0.15, -0.1) is 0 Å². The Hall–Kier alpha value is -3.12. The third-order valence-electron chi connectivity index (χ3n) is 5.16. The van der Waals surface area contributed by atoms with Gasteiger partial charge in [0.05, 0.1) is 18.9 Å². The minimum Gasteiger partial charge on any atom is -0.492 e. The number of fused-ring (bicyclic) bond motifs is 1. The molecule has 0 spiro atoms. The monoisotopic (exact) mass is 376 g/mol. The van der Waals surface area contributed by atoms with Gasteiger partial charge < -0.3 is 15.0 Å². The molecule has 6 heteroatoms. The van der Waals surface area contributed by atoms with Crippen molar-refractivity contribution in [1.29, 1.82) is 0 Å². The third kappa shape index (κ3) is 4.23. The summed E-state index contributed by atoms with van der Waals surface area (Å²) in [5.41, 5.74) is 9.29. The summed E-state index contributed by atoms with van der Waals surface area (Å²) in [5.74, 6) is 0.563. The number of ether oxygens (including phenoxy) is 1. The Balaban J connectivity index is 1.38. The van der Waals surface area contributed by atoms with Gasteiger partial charge in [-0.2, -0.15) is 0 Å². The standard InChI is InChI=1S/C22H24N4O2/c23-22(27)21-13-18-3-1-2-4-19(18)15-26(21)14-17-5-7-20(8-6-17)28-12-11-25-10-9-24-16-25/h1-10,16,21H,11-15H2,(H2,23,27)/t21-/m1/s1. The molecule has 1 aliphatic heterocycles. The fourth-order valence-corrected chi connectivity index (χ4v) is 3.64. The summed E-state index contributed by atoms with van der Waals surface area (Å²) in [5, 5.41) is 0. The molecule has 6 nitrogen and oxygen atoms in total. The summed E-state index contributed by atoms with van der Waals surface area (Å²) in [6.45, 7) is 2.75. The molecule has 0 unspecified atom stereocenters. The highest BCUT2D eigenvalue weighted by molar-refractivity contribution is 5.80. The van der Waals surface area contributed by atoms with Crippen molar-refractivity contribution in [3.63, 3.8) is 0 Å². The molecule has 1 amide bonds. The fraction of sp³-hybridized carbons (Fsp3) is 0.273. The fourth-order valence-electron chi connectivity index (χ4n) is 3.64. The molecule has 0 fully saturated rings. The molecule has 144 valence electrons. The second-order valence-electron chi connectivity index (χ2n) is 7.09. The lowest BCUT2D eigenvalue weighted by Gasteiger charge is -2.35. The molecule has 0 bridgehead atoms. The minimum absolute atomic E-state index is 0.269. The van der Waals surface area contributed by atoms with Crippen LogP contribution >= 0.6 is 0 Å². The van der Waals surface area contributed by atoms with E-state index in [0.717, 1.165) is 24.4 Å². The van der Waals surface area contributed by atoms with E-state index in [-0.39, 0.29) is 11.9 Å². The molecule has 1 atom stereocenters. The lowest BCUT2D eigenvalue weighted by atomic mass is 9.93. The largest absolute Gasteiger partial charge is 0.492 e. The zero-order valence-electron chi connectivity index (χ0n) is 15.7. The van der Waals surface area contributed by atoms with Gasteiger partial charge in [-0.05, 0) is 35.2 Å². The van der Waals surface area contributed by atoms with E-state index >= 15 is 0 Å². The van der Waals surface area contributed by atoms with Gasteiger partial charge in [0.25, 0.3) is 0 Å². The maximum Gasteiger partial charge on any atom is 0.235 e. The number of imidazole rings is 1. The van der Waals surface area contributed by atoms with E-state index in [1.807, 2.05) is 47.2 Å². The summed E-state index contributed by atoms with van der Waals surface area (Å²) < 4.78 is 7.77. The van der Waals surface area contributed by atoms with Crippen molar-refractivity contribution in [3.05, 3.63) is 83.9 Å². The van der Waals surface area contributed by atoms with Gasteiger partial charge in [-0.3, -0.25) is 9.69 Å². The molecular formula is C22H24N4O2. The number of aromatic nitrogens is 2. The lowest BCUT2D eigenvalue weighted by Crippen LogP contribution is -2.48. The number of nitrogens with zero attached hydrogens (tertiary/aromatic N) is 3. The number of carbonyl (C=O) groups is 1. The van der Waals surface area contributed by atoms with Crippen molar-refractivity contribution in [3.8, 4) is 5.75 Å². The maximum absolute atomic E-state index is 12.0. The van der Waals surface area contributed by atoms with Crippen molar-refractivity contribution in [2.75, 3.05) is 6.61 Å². The van der Waals surface area contributed by atoms with Crippen LogP contribution < -0.4 is 10.5 Å². The van der Waals surface area contributed by atoms with E-state index in [2.05, 4.69) is 22.0 Å². The van der Waals surface area contributed by atoms with Crippen LogP contribution in [0.4, 0.5) is 0 Å². The molecule has 3 aromatic rings. The van der Waals surface area contributed by atoms with Crippen molar-refractivity contribution in [2.24, 2.45) is 5.73 Å². The molecular weight excluding hydrogens is 352 g/mol. The van der Waals surface area contributed by atoms with Crippen LogP contribution in [0.25, 0.3) is 0 Å². The highest BCUT2D eigenvalue weighted by Gasteiger charge is 2.29. The van der Waals surface area contributed by atoms with Crippen LogP contribution in [0.1, 0.15) is 16.7 Å². The van der Waals surface area contributed by atoms with Crippen LogP contribution in [-0.2, 0) is 30.8 Å². The van der Waals surface area contributed by atoms with Crippen LogP contribution in [0.3, 0.4) is 0 Å². The summed E-state index contributed by atoms with van der Waals surface area (Å²) in [6, 6.07) is 16.0. The third-order valence-corrected chi connectivity index (χ3v) is 5.16. The number of nitrogens with two attached hydrogens (primary N) is 1. The van der Waals surface area contributed by atoms with Gasteiger partial charge in [0, 0.05) is 25.5 Å². The van der Waals surface area contributed by atoms with E-state index in [4.69, 9.17) is 10.5 Å². The number of benzene rings is 2. The predicted octanol–water partition coefficient (Wildman–Crippen LogP) is 2.37. The topological polar surface area (TPSA) is 73.4 Å². The molecule has 0 saturated carbocycles. The van der Waals surface area contributed by atoms with Crippen LogP contribution in [0.2, 0.25) is 0 Å². The molecule has 2 N–H and O–H groups in total. The Labute approximate surface area is 164 Å².